The molecule has 6 nitrogen and oxygen atoms in total. The number of rotatable bonds is 3. The third-order valence-electron chi connectivity index (χ3n) is 4.78. The van der Waals surface area contributed by atoms with Gasteiger partial charge in [-0.2, -0.15) is 0 Å². The van der Waals surface area contributed by atoms with Gasteiger partial charge in [0.2, 0.25) is 5.91 Å². The summed E-state index contributed by atoms with van der Waals surface area (Å²) in [6.45, 7) is 4.95. The minimum Gasteiger partial charge on any atom is -0.368 e. The Morgan fingerprint density at radius 2 is 2.20 bits per heavy atom. The molecule has 2 N–H and O–H groups in total. The van der Waals surface area contributed by atoms with E-state index in [1.54, 1.807) is 23.7 Å². The lowest BCUT2D eigenvalue weighted by atomic mass is 10.1. The molecule has 0 radical (unpaired) electrons. The van der Waals surface area contributed by atoms with Crippen LogP contribution < -0.4 is 10.6 Å². The molecule has 1 fully saturated rings. The van der Waals surface area contributed by atoms with Crippen molar-refractivity contribution in [1.82, 2.24) is 15.0 Å². The molecule has 0 unspecified atom stereocenters. The highest BCUT2D eigenvalue weighted by atomic mass is 32.1. The van der Waals surface area contributed by atoms with Gasteiger partial charge in [0, 0.05) is 29.4 Å². The molecule has 4 heterocycles. The van der Waals surface area contributed by atoms with E-state index in [4.69, 9.17) is 15.7 Å². The van der Waals surface area contributed by atoms with Crippen molar-refractivity contribution in [3.05, 3.63) is 35.0 Å². The number of pyridine rings is 1. The van der Waals surface area contributed by atoms with E-state index in [9.17, 15) is 4.79 Å². The average Bonchev–Trinajstić information content (AvgIpc) is 3.21. The molecular formula is C18H19N5OS. The highest BCUT2D eigenvalue weighted by Gasteiger charge is 2.32. The van der Waals surface area contributed by atoms with Crippen LogP contribution in [0, 0.1) is 13.8 Å². The Labute approximate surface area is 149 Å². The number of carbonyl (C=O) groups is 1. The molecule has 0 spiro atoms. The van der Waals surface area contributed by atoms with Gasteiger partial charge in [-0.25, -0.2) is 9.97 Å². The SMILES string of the molecule is Cc1sc2nc(-c3cccnc3)nc(N3CCC[C@H]3C(N)=O)c2c1C. The van der Waals surface area contributed by atoms with E-state index in [-0.39, 0.29) is 11.9 Å². The number of nitrogens with zero attached hydrogens (tertiary/aromatic N) is 4. The molecule has 3 aromatic heterocycles. The second-order valence-electron chi connectivity index (χ2n) is 6.33. The smallest absolute Gasteiger partial charge is 0.240 e. The molecule has 7 heteroatoms. The maximum Gasteiger partial charge on any atom is 0.240 e. The quantitative estimate of drug-likeness (QED) is 0.782. The Hall–Kier alpha value is -2.54. The summed E-state index contributed by atoms with van der Waals surface area (Å²) in [6, 6.07) is 3.51. The summed E-state index contributed by atoms with van der Waals surface area (Å²) in [7, 11) is 0. The average molecular weight is 353 g/mol. The van der Waals surface area contributed by atoms with Gasteiger partial charge in [-0.05, 0) is 44.4 Å². The molecule has 1 amide bonds. The van der Waals surface area contributed by atoms with E-state index in [2.05, 4.69) is 18.8 Å². The first-order chi connectivity index (χ1) is 12.1. The minimum absolute atomic E-state index is 0.295. The number of hydrogen-bond donors (Lipinski definition) is 1. The van der Waals surface area contributed by atoms with E-state index in [0.29, 0.717) is 5.82 Å². The van der Waals surface area contributed by atoms with Gasteiger partial charge in [-0.15, -0.1) is 11.3 Å². The van der Waals surface area contributed by atoms with Gasteiger partial charge < -0.3 is 10.6 Å². The zero-order valence-electron chi connectivity index (χ0n) is 14.2. The fourth-order valence-corrected chi connectivity index (χ4v) is 4.40. The van der Waals surface area contributed by atoms with Crippen molar-refractivity contribution in [3.8, 4) is 11.4 Å². The summed E-state index contributed by atoms with van der Waals surface area (Å²) in [5.74, 6) is 1.15. The number of hydrogen-bond acceptors (Lipinski definition) is 6. The number of fused-ring (bicyclic) bond motifs is 1. The molecule has 1 aliphatic rings. The number of anilines is 1. The number of primary amides is 1. The summed E-state index contributed by atoms with van der Waals surface area (Å²) >= 11 is 1.66. The van der Waals surface area contributed by atoms with Crippen molar-refractivity contribution in [3.63, 3.8) is 0 Å². The summed E-state index contributed by atoms with van der Waals surface area (Å²) in [6.07, 6.45) is 5.19. The summed E-state index contributed by atoms with van der Waals surface area (Å²) in [5, 5.41) is 1.03. The van der Waals surface area contributed by atoms with Crippen LogP contribution in [0.2, 0.25) is 0 Å². The first kappa shape index (κ1) is 16.0. The van der Waals surface area contributed by atoms with Gasteiger partial charge in [0.1, 0.15) is 16.7 Å². The van der Waals surface area contributed by atoms with Gasteiger partial charge >= 0.3 is 0 Å². The molecule has 128 valence electrons. The van der Waals surface area contributed by atoms with E-state index < -0.39 is 0 Å². The van der Waals surface area contributed by atoms with Crippen LogP contribution in [0.25, 0.3) is 21.6 Å². The zero-order chi connectivity index (χ0) is 17.6. The van der Waals surface area contributed by atoms with E-state index in [1.807, 2.05) is 17.0 Å². The lowest BCUT2D eigenvalue weighted by Crippen LogP contribution is -2.40. The van der Waals surface area contributed by atoms with Crippen LogP contribution in [0.3, 0.4) is 0 Å². The molecule has 0 saturated carbocycles. The predicted octanol–water partition coefficient (Wildman–Crippen LogP) is 2.82. The molecule has 1 saturated heterocycles. The van der Waals surface area contributed by atoms with E-state index in [1.165, 1.54) is 10.4 Å². The van der Waals surface area contributed by atoms with Crippen molar-refractivity contribution in [1.29, 1.82) is 0 Å². The number of aromatic nitrogens is 3. The number of carbonyl (C=O) groups excluding carboxylic acids is 1. The number of thiophene rings is 1. The third-order valence-corrected chi connectivity index (χ3v) is 5.88. The Balaban J connectivity index is 1.96. The van der Waals surface area contributed by atoms with Crippen LogP contribution in [0.4, 0.5) is 5.82 Å². The molecule has 0 aliphatic carbocycles. The second-order valence-corrected chi connectivity index (χ2v) is 7.53. The van der Waals surface area contributed by atoms with Crippen LogP contribution >= 0.6 is 11.3 Å². The molecule has 1 aliphatic heterocycles. The number of amides is 1. The van der Waals surface area contributed by atoms with Crippen molar-refractivity contribution in [2.45, 2.75) is 32.7 Å². The number of aryl methyl sites for hydroxylation is 2. The fourth-order valence-electron chi connectivity index (χ4n) is 3.38. The van der Waals surface area contributed by atoms with Crippen LogP contribution in [0.1, 0.15) is 23.3 Å². The standard InChI is InChI=1S/C18H19N5OS/c1-10-11(2)25-18-14(10)17(23-8-4-6-13(23)15(19)24)21-16(22-18)12-5-3-7-20-9-12/h3,5,7,9,13H,4,6,8H2,1-2H3,(H2,19,24)/t13-/m0/s1. The summed E-state index contributed by atoms with van der Waals surface area (Å²) in [4.78, 5) is 29.9. The summed E-state index contributed by atoms with van der Waals surface area (Å²) < 4.78 is 0. The van der Waals surface area contributed by atoms with Crippen LogP contribution in [0.5, 0.6) is 0 Å². The Kier molecular flexibility index (Phi) is 3.88. The maximum atomic E-state index is 11.9. The normalized spacial score (nSPS) is 17.4. The first-order valence-electron chi connectivity index (χ1n) is 8.30. The Morgan fingerprint density at radius 1 is 1.36 bits per heavy atom. The third kappa shape index (κ3) is 2.64. The molecular weight excluding hydrogens is 334 g/mol. The highest BCUT2D eigenvalue weighted by molar-refractivity contribution is 7.18. The van der Waals surface area contributed by atoms with Crippen LogP contribution in [-0.2, 0) is 4.79 Å². The summed E-state index contributed by atoms with van der Waals surface area (Å²) in [5.41, 5.74) is 7.66. The van der Waals surface area contributed by atoms with E-state index >= 15 is 0 Å². The Bertz CT molecular complexity index is 953. The van der Waals surface area contributed by atoms with Crippen molar-refractivity contribution < 1.29 is 4.79 Å². The topological polar surface area (TPSA) is 85.0 Å². The predicted molar refractivity (Wildman–Crippen MR) is 99.7 cm³/mol. The van der Waals surface area contributed by atoms with Gasteiger partial charge in [0.05, 0.1) is 5.39 Å². The molecule has 0 bridgehead atoms. The van der Waals surface area contributed by atoms with Gasteiger partial charge in [0.15, 0.2) is 5.82 Å². The second kappa shape index (κ2) is 6.07. The van der Waals surface area contributed by atoms with Crippen molar-refractivity contribution >= 4 is 33.3 Å². The molecule has 3 aromatic rings. The van der Waals surface area contributed by atoms with E-state index in [0.717, 1.165) is 41.0 Å². The lowest BCUT2D eigenvalue weighted by Gasteiger charge is -2.24. The molecule has 0 aromatic carbocycles. The van der Waals surface area contributed by atoms with Crippen molar-refractivity contribution in [2.24, 2.45) is 5.73 Å². The highest BCUT2D eigenvalue weighted by Crippen LogP contribution is 2.38. The molecule has 4 rings (SSSR count). The largest absolute Gasteiger partial charge is 0.368 e. The first-order valence-corrected chi connectivity index (χ1v) is 9.12. The number of nitrogens with two attached hydrogens (primary N) is 1. The van der Waals surface area contributed by atoms with Crippen LogP contribution in [0.15, 0.2) is 24.5 Å². The lowest BCUT2D eigenvalue weighted by molar-refractivity contribution is -0.119. The monoisotopic (exact) mass is 353 g/mol. The van der Waals surface area contributed by atoms with Gasteiger partial charge in [-0.3, -0.25) is 9.78 Å². The van der Waals surface area contributed by atoms with Crippen molar-refractivity contribution in [2.75, 3.05) is 11.4 Å². The van der Waals surface area contributed by atoms with Crippen LogP contribution in [-0.4, -0.2) is 33.4 Å². The van der Waals surface area contributed by atoms with Gasteiger partial charge in [0.25, 0.3) is 0 Å². The fraction of sp³-hybridized carbons (Fsp3) is 0.333. The molecule has 1 atom stereocenters. The van der Waals surface area contributed by atoms with Gasteiger partial charge in [-0.1, -0.05) is 0 Å². The maximum absolute atomic E-state index is 11.9. The molecule has 25 heavy (non-hydrogen) atoms. The Morgan fingerprint density at radius 3 is 2.92 bits per heavy atom. The minimum atomic E-state index is -0.306. The zero-order valence-corrected chi connectivity index (χ0v) is 15.0.